The number of ether oxygens (including phenoxy) is 1. The number of anilines is 2. The number of aromatic nitrogens is 7. The molecule has 0 amide bonds. The molecule has 5 aromatic rings. The van der Waals surface area contributed by atoms with Gasteiger partial charge in [0, 0.05) is 81.6 Å². The molecule has 2 fully saturated rings. The maximum Gasteiger partial charge on any atom is 0.225 e. The molecule has 6 heterocycles. The summed E-state index contributed by atoms with van der Waals surface area (Å²) >= 11 is 0. The van der Waals surface area contributed by atoms with Crippen molar-refractivity contribution >= 4 is 17.3 Å². The number of hydrogen-bond donors (Lipinski definition) is 1. The highest BCUT2D eigenvalue weighted by Gasteiger charge is 2.23. The van der Waals surface area contributed by atoms with Crippen molar-refractivity contribution in [3.05, 3.63) is 84.8 Å². The van der Waals surface area contributed by atoms with Gasteiger partial charge < -0.3 is 19.9 Å². The van der Waals surface area contributed by atoms with Crippen molar-refractivity contribution in [2.24, 2.45) is 0 Å². The van der Waals surface area contributed by atoms with Crippen molar-refractivity contribution in [3.63, 3.8) is 0 Å². The average molecular weight is 537 g/mol. The summed E-state index contributed by atoms with van der Waals surface area (Å²) in [7, 11) is 0. The van der Waals surface area contributed by atoms with Crippen LogP contribution in [0.15, 0.2) is 73.7 Å². The smallest absolute Gasteiger partial charge is 0.225 e. The van der Waals surface area contributed by atoms with Crippen LogP contribution in [0.3, 0.4) is 0 Å². The molecule has 2 saturated heterocycles. The molecule has 2 aliphatic rings. The van der Waals surface area contributed by atoms with Gasteiger partial charge in [-0.05, 0) is 17.2 Å². The summed E-state index contributed by atoms with van der Waals surface area (Å²) in [6.45, 7) is 6.54. The summed E-state index contributed by atoms with van der Waals surface area (Å²) < 4.78 is 9.69. The van der Waals surface area contributed by atoms with Gasteiger partial charge >= 0.3 is 0 Å². The van der Waals surface area contributed by atoms with Crippen molar-refractivity contribution in [2.75, 3.05) is 55.7 Å². The first-order valence-electron chi connectivity index (χ1n) is 13.8. The van der Waals surface area contributed by atoms with Crippen LogP contribution in [0.2, 0.25) is 0 Å². The summed E-state index contributed by atoms with van der Waals surface area (Å²) in [5.41, 5.74) is 5.49. The lowest BCUT2D eigenvalue weighted by molar-refractivity contribution is 0.0161. The molecule has 11 nitrogen and oxygen atoms in total. The number of morpholine rings is 1. The maximum atomic E-state index is 5.83. The highest BCUT2D eigenvalue weighted by atomic mass is 16.5. The largest absolute Gasteiger partial charge is 0.374 e. The fraction of sp³-hybridized carbons (Fsp3) is 0.345. The van der Waals surface area contributed by atoms with E-state index in [0.717, 1.165) is 92.8 Å². The predicted octanol–water partition coefficient (Wildman–Crippen LogP) is 2.29. The van der Waals surface area contributed by atoms with Crippen LogP contribution in [0.5, 0.6) is 0 Å². The third kappa shape index (κ3) is 5.25. The van der Waals surface area contributed by atoms with E-state index in [-0.39, 0.29) is 6.10 Å². The topological polar surface area (TPSA) is 102 Å². The molecule has 11 heteroatoms. The zero-order valence-corrected chi connectivity index (χ0v) is 22.3. The molecule has 7 rings (SSSR count). The van der Waals surface area contributed by atoms with Gasteiger partial charge in [-0.25, -0.2) is 19.5 Å². The minimum Gasteiger partial charge on any atom is -0.374 e. The van der Waals surface area contributed by atoms with Crippen LogP contribution in [0.4, 0.5) is 11.8 Å². The second kappa shape index (κ2) is 11.0. The van der Waals surface area contributed by atoms with Crippen LogP contribution in [-0.4, -0.2) is 86.3 Å². The van der Waals surface area contributed by atoms with Crippen LogP contribution in [0.25, 0.3) is 16.6 Å². The second-order valence-corrected chi connectivity index (χ2v) is 10.3. The molecule has 1 atom stereocenters. The Bertz CT molecular complexity index is 1550. The molecule has 40 heavy (non-hydrogen) atoms. The van der Waals surface area contributed by atoms with Crippen LogP contribution >= 0.6 is 0 Å². The number of benzene rings is 1. The maximum absolute atomic E-state index is 5.83. The molecule has 1 N–H and O–H groups in total. The molecular weight excluding hydrogens is 504 g/mol. The fourth-order valence-electron chi connectivity index (χ4n) is 5.43. The van der Waals surface area contributed by atoms with Crippen LogP contribution in [0.1, 0.15) is 11.1 Å². The van der Waals surface area contributed by atoms with Crippen molar-refractivity contribution in [3.8, 4) is 11.1 Å². The lowest BCUT2D eigenvalue weighted by Crippen LogP contribution is -2.47. The molecule has 204 valence electrons. The monoisotopic (exact) mass is 536 g/mol. The van der Waals surface area contributed by atoms with E-state index in [9.17, 15) is 0 Å². The van der Waals surface area contributed by atoms with E-state index < -0.39 is 0 Å². The molecule has 0 saturated carbocycles. The Morgan fingerprint density at radius 1 is 0.850 bits per heavy atom. The predicted molar refractivity (Wildman–Crippen MR) is 153 cm³/mol. The van der Waals surface area contributed by atoms with Gasteiger partial charge in [0.15, 0.2) is 5.82 Å². The van der Waals surface area contributed by atoms with Gasteiger partial charge in [-0.3, -0.25) is 4.68 Å². The van der Waals surface area contributed by atoms with Gasteiger partial charge in [0.1, 0.15) is 11.8 Å². The number of fused-ring (bicyclic) bond motifs is 1. The van der Waals surface area contributed by atoms with Crippen molar-refractivity contribution in [1.29, 1.82) is 0 Å². The third-order valence-electron chi connectivity index (χ3n) is 7.55. The Balaban J connectivity index is 1.01. The van der Waals surface area contributed by atoms with E-state index in [0.29, 0.717) is 0 Å². The highest BCUT2D eigenvalue weighted by molar-refractivity contribution is 5.77. The summed E-state index contributed by atoms with van der Waals surface area (Å²) in [6.07, 6.45) is 12.5. The van der Waals surface area contributed by atoms with Crippen LogP contribution in [-0.2, 0) is 17.7 Å². The van der Waals surface area contributed by atoms with E-state index in [2.05, 4.69) is 76.8 Å². The molecule has 0 radical (unpaired) electrons. The van der Waals surface area contributed by atoms with Crippen LogP contribution < -0.4 is 15.1 Å². The van der Waals surface area contributed by atoms with Gasteiger partial charge in [0.05, 0.1) is 25.5 Å². The lowest BCUT2D eigenvalue weighted by Gasteiger charge is -2.35. The van der Waals surface area contributed by atoms with E-state index in [1.54, 1.807) is 6.33 Å². The van der Waals surface area contributed by atoms with E-state index in [1.807, 2.05) is 40.1 Å². The van der Waals surface area contributed by atoms with Crippen molar-refractivity contribution < 1.29 is 4.74 Å². The number of nitrogens with zero attached hydrogens (tertiary/aromatic N) is 9. The number of hydrogen-bond acceptors (Lipinski definition) is 9. The van der Waals surface area contributed by atoms with Crippen molar-refractivity contribution in [1.82, 2.24) is 39.7 Å². The quantitative estimate of drug-likeness (QED) is 0.336. The molecule has 0 spiro atoms. The first-order chi connectivity index (χ1) is 19.8. The number of rotatable bonds is 7. The van der Waals surface area contributed by atoms with Gasteiger partial charge in [0.25, 0.3) is 0 Å². The Hall–Kier alpha value is -4.35. The fourth-order valence-corrected chi connectivity index (χ4v) is 5.43. The zero-order chi connectivity index (χ0) is 26.7. The Labute approximate surface area is 232 Å². The van der Waals surface area contributed by atoms with E-state index in [1.165, 1.54) is 5.56 Å². The standard InChI is InChI=1S/C29H32N10O/c1-2-4-22(5-3-1)12-23-14-31-29(32-15-23)37-9-7-36(8-10-37)28-27-13-24(19-39(27)35-21-33-28)25-16-34-38(18-25)20-26-17-30-6-11-40-26/h1-5,13-16,18-19,21,26,30H,6-12,17,20H2/t26-/m0/s1. The SMILES string of the molecule is c1ccc(Cc2cnc(N3CCN(c4ncnn5cc(-c6cnn(C[C@@H]7CNCCO7)c6)cc45)CC3)nc2)cc1. The summed E-state index contributed by atoms with van der Waals surface area (Å²) in [5.74, 6) is 1.72. The second-order valence-electron chi connectivity index (χ2n) is 10.3. The van der Waals surface area contributed by atoms with Gasteiger partial charge in [-0.2, -0.15) is 10.2 Å². The molecule has 1 aromatic carbocycles. The molecule has 0 bridgehead atoms. The number of piperazine rings is 1. The van der Waals surface area contributed by atoms with E-state index >= 15 is 0 Å². The summed E-state index contributed by atoms with van der Waals surface area (Å²) in [4.78, 5) is 18.6. The van der Waals surface area contributed by atoms with Crippen LogP contribution in [0, 0.1) is 0 Å². The summed E-state index contributed by atoms with van der Waals surface area (Å²) in [5, 5.41) is 12.4. The number of nitrogens with one attached hydrogen (secondary N) is 1. The minimum atomic E-state index is 0.142. The zero-order valence-electron chi connectivity index (χ0n) is 22.3. The molecule has 4 aromatic heterocycles. The first-order valence-corrected chi connectivity index (χ1v) is 13.8. The summed E-state index contributed by atoms with van der Waals surface area (Å²) in [6, 6.07) is 12.6. The Morgan fingerprint density at radius 3 is 2.48 bits per heavy atom. The minimum absolute atomic E-state index is 0.142. The first kappa shape index (κ1) is 24.7. The molecule has 2 aliphatic heterocycles. The van der Waals surface area contributed by atoms with E-state index in [4.69, 9.17) is 4.74 Å². The highest BCUT2D eigenvalue weighted by Crippen LogP contribution is 2.27. The molecule has 0 unspecified atom stereocenters. The normalized spacial score (nSPS) is 17.9. The molecular formula is C29H32N10O. The van der Waals surface area contributed by atoms with Gasteiger partial charge in [-0.1, -0.05) is 30.3 Å². The lowest BCUT2D eigenvalue weighted by atomic mass is 10.1. The Kier molecular flexibility index (Phi) is 6.80. The van der Waals surface area contributed by atoms with Gasteiger partial charge in [-0.15, -0.1) is 0 Å². The average Bonchev–Trinajstić information content (AvgIpc) is 3.66. The molecule has 0 aliphatic carbocycles. The third-order valence-corrected chi connectivity index (χ3v) is 7.55. The Morgan fingerprint density at radius 2 is 1.68 bits per heavy atom. The van der Waals surface area contributed by atoms with Gasteiger partial charge in [0.2, 0.25) is 5.95 Å². The van der Waals surface area contributed by atoms with Crippen molar-refractivity contribution in [2.45, 2.75) is 19.1 Å².